The predicted molar refractivity (Wildman–Crippen MR) is 133 cm³/mol. The van der Waals surface area contributed by atoms with Crippen LogP contribution in [0.5, 0.6) is 5.75 Å². The summed E-state index contributed by atoms with van der Waals surface area (Å²) in [6.07, 6.45) is 7.38. The van der Waals surface area contributed by atoms with Gasteiger partial charge < -0.3 is 15.4 Å². The smallest absolute Gasteiger partial charge is 0.191 e. The van der Waals surface area contributed by atoms with E-state index in [4.69, 9.17) is 9.73 Å². The molecule has 1 unspecified atom stereocenters. The molecule has 8 heteroatoms. The van der Waals surface area contributed by atoms with Gasteiger partial charge in [-0.1, -0.05) is 18.2 Å². The van der Waals surface area contributed by atoms with E-state index in [-0.39, 0.29) is 30.0 Å². The zero-order valence-electron chi connectivity index (χ0n) is 18.3. The highest BCUT2D eigenvalue weighted by atomic mass is 127. The van der Waals surface area contributed by atoms with E-state index in [1.54, 1.807) is 7.11 Å². The number of ether oxygens (including phenoxy) is 1. The molecule has 1 atom stereocenters. The lowest BCUT2D eigenvalue weighted by Crippen LogP contribution is -2.39. The lowest BCUT2D eigenvalue weighted by atomic mass is 10.0. The van der Waals surface area contributed by atoms with Gasteiger partial charge in [-0.05, 0) is 50.9 Å². The Labute approximate surface area is 197 Å². The van der Waals surface area contributed by atoms with Crippen LogP contribution in [-0.4, -0.2) is 60.5 Å². The van der Waals surface area contributed by atoms with E-state index in [9.17, 15) is 0 Å². The van der Waals surface area contributed by atoms with Crippen molar-refractivity contribution in [3.8, 4) is 5.75 Å². The molecule has 166 valence electrons. The fourth-order valence-corrected chi connectivity index (χ4v) is 3.85. The molecule has 1 aromatic heterocycles. The fourth-order valence-electron chi connectivity index (χ4n) is 3.85. The van der Waals surface area contributed by atoms with Gasteiger partial charge >= 0.3 is 0 Å². The van der Waals surface area contributed by atoms with Gasteiger partial charge in [-0.2, -0.15) is 5.10 Å². The SMILES string of the molecule is CCNC(=NCC(c1ccccc1OC)N1CCCC1)NCCc1cnn(C)c1.I. The van der Waals surface area contributed by atoms with Crippen molar-refractivity contribution < 1.29 is 4.74 Å². The highest BCUT2D eigenvalue weighted by Gasteiger charge is 2.25. The highest BCUT2D eigenvalue weighted by Crippen LogP contribution is 2.31. The van der Waals surface area contributed by atoms with Gasteiger partial charge in [0.2, 0.25) is 0 Å². The molecule has 1 fully saturated rings. The Hall–Kier alpha value is -1.81. The largest absolute Gasteiger partial charge is 0.496 e. The summed E-state index contributed by atoms with van der Waals surface area (Å²) in [4.78, 5) is 7.45. The molecule has 2 heterocycles. The summed E-state index contributed by atoms with van der Waals surface area (Å²) >= 11 is 0. The van der Waals surface area contributed by atoms with Crippen molar-refractivity contribution in [1.82, 2.24) is 25.3 Å². The van der Waals surface area contributed by atoms with Crippen LogP contribution in [0.1, 0.15) is 36.9 Å². The van der Waals surface area contributed by atoms with Crippen molar-refractivity contribution in [3.05, 3.63) is 47.8 Å². The minimum absolute atomic E-state index is 0. The summed E-state index contributed by atoms with van der Waals surface area (Å²) in [6.45, 7) is 6.67. The van der Waals surface area contributed by atoms with E-state index in [0.717, 1.165) is 44.3 Å². The Morgan fingerprint density at radius 3 is 2.67 bits per heavy atom. The molecule has 2 N–H and O–H groups in total. The topological polar surface area (TPSA) is 66.7 Å². The third-order valence-electron chi connectivity index (χ3n) is 5.31. The van der Waals surface area contributed by atoms with Crippen LogP contribution >= 0.6 is 24.0 Å². The van der Waals surface area contributed by atoms with Gasteiger partial charge in [-0.15, -0.1) is 24.0 Å². The van der Waals surface area contributed by atoms with Gasteiger partial charge in [0.05, 0.1) is 25.9 Å². The molecule has 1 saturated heterocycles. The van der Waals surface area contributed by atoms with Crippen molar-refractivity contribution >= 4 is 29.9 Å². The van der Waals surface area contributed by atoms with Crippen LogP contribution in [0.3, 0.4) is 0 Å². The number of rotatable bonds is 9. The van der Waals surface area contributed by atoms with Gasteiger partial charge in [-0.25, -0.2) is 0 Å². The molecule has 3 rings (SSSR count). The number of aryl methyl sites for hydroxylation is 1. The number of benzene rings is 1. The lowest BCUT2D eigenvalue weighted by molar-refractivity contribution is 0.245. The summed E-state index contributed by atoms with van der Waals surface area (Å²) in [6, 6.07) is 8.54. The molecule has 0 amide bonds. The number of hydrogen-bond acceptors (Lipinski definition) is 4. The molecule has 0 radical (unpaired) electrons. The Morgan fingerprint density at radius 2 is 2.00 bits per heavy atom. The first-order chi connectivity index (χ1) is 14.2. The summed E-state index contributed by atoms with van der Waals surface area (Å²) in [5.74, 6) is 1.80. The normalized spacial score (nSPS) is 15.5. The van der Waals surface area contributed by atoms with Crippen molar-refractivity contribution in [2.45, 2.75) is 32.2 Å². The van der Waals surface area contributed by atoms with Gasteiger partial charge in [-0.3, -0.25) is 14.6 Å². The van der Waals surface area contributed by atoms with Gasteiger partial charge in [0.15, 0.2) is 5.96 Å². The number of halogens is 1. The monoisotopic (exact) mass is 526 g/mol. The molecule has 2 aromatic rings. The van der Waals surface area contributed by atoms with Gasteiger partial charge in [0.1, 0.15) is 5.75 Å². The standard InChI is InChI=1S/C22H34N6O.HI/c1-4-23-22(24-12-11-18-15-26-27(2)17-18)25-16-20(28-13-7-8-14-28)19-9-5-6-10-21(19)29-3;/h5-6,9-10,15,17,20H,4,7-8,11-14,16H2,1-3H3,(H2,23,24,25);1H. The third kappa shape index (κ3) is 6.87. The summed E-state index contributed by atoms with van der Waals surface area (Å²) in [7, 11) is 3.69. The molecule has 1 aliphatic heterocycles. The van der Waals surface area contributed by atoms with Crippen LogP contribution in [0.25, 0.3) is 0 Å². The number of guanidine groups is 1. The van der Waals surface area contributed by atoms with E-state index >= 15 is 0 Å². The Bertz CT molecular complexity index is 787. The fraction of sp³-hybridized carbons (Fsp3) is 0.545. The number of nitrogens with zero attached hydrogens (tertiary/aromatic N) is 4. The second-order valence-corrected chi connectivity index (χ2v) is 7.42. The zero-order chi connectivity index (χ0) is 20.5. The van der Waals surface area contributed by atoms with Crippen molar-refractivity contribution in [2.75, 3.05) is 39.8 Å². The molecule has 0 bridgehead atoms. The first-order valence-electron chi connectivity index (χ1n) is 10.6. The molecule has 1 aliphatic rings. The minimum Gasteiger partial charge on any atom is -0.496 e. The number of aliphatic imine (C=N–C) groups is 1. The summed E-state index contributed by atoms with van der Waals surface area (Å²) < 4.78 is 7.48. The van der Waals surface area contributed by atoms with Crippen LogP contribution in [0.15, 0.2) is 41.7 Å². The van der Waals surface area contributed by atoms with E-state index in [1.165, 1.54) is 24.0 Å². The van der Waals surface area contributed by atoms with Crippen LogP contribution < -0.4 is 15.4 Å². The number of nitrogens with one attached hydrogen (secondary N) is 2. The maximum atomic E-state index is 5.64. The zero-order valence-corrected chi connectivity index (χ0v) is 20.6. The number of likely N-dealkylation sites (tertiary alicyclic amines) is 1. The van der Waals surface area contributed by atoms with E-state index in [2.05, 4.69) is 45.9 Å². The molecule has 1 aromatic carbocycles. The number of methoxy groups -OCH3 is 1. The van der Waals surface area contributed by atoms with E-state index in [1.807, 2.05) is 30.1 Å². The van der Waals surface area contributed by atoms with E-state index < -0.39 is 0 Å². The van der Waals surface area contributed by atoms with Crippen LogP contribution in [0.4, 0.5) is 0 Å². The van der Waals surface area contributed by atoms with Gasteiger partial charge in [0, 0.05) is 31.9 Å². The quantitative estimate of drug-likeness (QED) is 0.299. The average Bonchev–Trinajstić information content (AvgIpc) is 3.40. The Kier molecular flexibility index (Phi) is 10.4. The molecular formula is C22H35IN6O. The van der Waals surface area contributed by atoms with E-state index in [0.29, 0.717) is 6.54 Å². The number of para-hydroxylation sites is 1. The van der Waals surface area contributed by atoms with Crippen molar-refractivity contribution in [2.24, 2.45) is 12.0 Å². The summed E-state index contributed by atoms with van der Waals surface area (Å²) in [5.41, 5.74) is 2.44. The summed E-state index contributed by atoms with van der Waals surface area (Å²) in [5, 5.41) is 11.1. The minimum atomic E-state index is 0. The molecule has 0 saturated carbocycles. The predicted octanol–water partition coefficient (Wildman–Crippen LogP) is 2.98. The Balaban J connectivity index is 0.00000320. The highest BCUT2D eigenvalue weighted by molar-refractivity contribution is 14.0. The van der Waals surface area contributed by atoms with Crippen molar-refractivity contribution in [1.29, 1.82) is 0 Å². The second kappa shape index (κ2) is 12.8. The van der Waals surface area contributed by atoms with Crippen molar-refractivity contribution in [3.63, 3.8) is 0 Å². The molecule has 7 nitrogen and oxygen atoms in total. The maximum absolute atomic E-state index is 5.64. The third-order valence-corrected chi connectivity index (χ3v) is 5.31. The van der Waals surface area contributed by atoms with Gasteiger partial charge in [0.25, 0.3) is 0 Å². The first kappa shape index (κ1) is 24.5. The average molecular weight is 526 g/mol. The molecule has 0 spiro atoms. The molecule has 0 aliphatic carbocycles. The number of aromatic nitrogens is 2. The first-order valence-corrected chi connectivity index (χ1v) is 10.6. The number of hydrogen-bond donors (Lipinski definition) is 2. The maximum Gasteiger partial charge on any atom is 0.191 e. The van der Waals surface area contributed by atoms with Crippen LogP contribution in [-0.2, 0) is 13.5 Å². The molecular weight excluding hydrogens is 491 g/mol. The van der Waals surface area contributed by atoms with Crippen LogP contribution in [0.2, 0.25) is 0 Å². The lowest BCUT2D eigenvalue weighted by Gasteiger charge is -2.28. The van der Waals surface area contributed by atoms with Crippen LogP contribution in [0, 0.1) is 0 Å². The Morgan fingerprint density at radius 1 is 1.23 bits per heavy atom. The molecule has 30 heavy (non-hydrogen) atoms. The second-order valence-electron chi connectivity index (χ2n) is 7.42.